The third kappa shape index (κ3) is 3.11. The predicted octanol–water partition coefficient (Wildman–Crippen LogP) is 2.77. The van der Waals surface area contributed by atoms with E-state index in [1.165, 1.54) is 7.11 Å². The standard InChI is InChI=1S/C14H12F3NO4/c1-21-3-2-4-22-10-6-9(14(19)20)18-8-5-7(15)12(16)13(17)11(8)10/h5-6H,2-4H2,1H3,(H,19,20). The number of fused-ring (bicyclic) bond motifs is 1. The minimum absolute atomic E-state index is 0.0877. The number of hydrogen-bond donors (Lipinski definition) is 1. The lowest BCUT2D eigenvalue weighted by Gasteiger charge is -2.11. The number of halogens is 3. The molecule has 1 aromatic carbocycles. The zero-order valence-corrected chi connectivity index (χ0v) is 11.5. The summed E-state index contributed by atoms with van der Waals surface area (Å²) in [5.41, 5.74) is -0.794. The molecule has 22 heavy (non-hydrogen) atoms. The topological polar surface area (TPSA) is 68.7 Å². The molecule has 0 unspecified atom stereocenters. The summed E-state index contributed by atoms with van der Waals surface area (Å²) in [5, 5.41) is 8.57. The molecule has 1 N–H and O–H groups in total. The summed E-state index contributed by atoms with van der Waals surface area (Å²) in [6, 6.07) is 1.60. The average Bonchev–Trinajstić information content (AvgIpc) is 2.48. The third-order valence-corrected chi connectivity index (χ3v) is 2.87. The van der Waals surface area contributed by atoms with Gasteiger partial charge in [0.2, 0.25) is 0 Å². The molecule has 0 atom stereocenters. The Morgan fingerprint density at radius 2 is 1.95 bits per heavy atom. The van der Waals surface area contributed by atoms with Crippen LogP contribution in [0.4, 0.5) is 13.2 Å². The number of ether oxygens (including phenoxy) is 2. The smallest absolute Gasteiger partial charge is 0.354 e. The van der Waals surface area contributed by atoms with E-state index < -0.39 is 34.5 Å². The maximum atomic E-state index is 13.9. The molecule has 2 rings (SSSR count). The van der Waals surface area contributed by atoms with E-state index in [9.17, 15) is 18.0 Å². The minimum Gasteiger partial charge on any atom is -0.493 e. The van der Waals surface area contributed by atoms with Crippen LogP contribution in [-0.4, -0.2) is 36.4 Å². The molecule has 2 aromatic rings. The number of carbonyl (C=O) groups is 1. The van der Waals surface area contributed by atoms with Gasteiger partial charge >= 0.3 is 5.97 Å². The van der Waals surface area contributed by atoms with Gasteiger partial charge in [0.25, 0.3) is 0 Å². The average molecular weight is 315 g/mol. The highest BCUT2D eigenvalue weighted by Crippen LogP contribution is 2.31. The van der Waals surface area contributed by atoms with Gasteiger partial charge in [0.1, 0.15) is 5.75 Å². The van der Waals surface area contributed by atoms with Crippen molar-refractivity contribution in [3.05, 3.63) is 35.3 Å². The van der Waals surface area contributed by atoms with Crippen molar-refractivity contribution in [3.63, 3.8) is 0 Å². The fourth-order valence-electron chi connectivity index (χ4n) is 1.87. The lowest BCUT2D eigenvalue weighted by Crippen LogP contribution is -2.07. The number of carboxylic acids is 1. The third-order valence-electron chi connectivity index (χ3n) is 2.87. The van der Waals surface area contributed by atoms with Crippen LogP contribution in [0.1, 0.15) is 16.9 Å². The molecule has 0 aliphatic heterocycles. The van der Waals surface area contributed by atoms with Crippen LogP contribution < -0.4 is 4.74 Å². The maximum Gasteiger partial charge on any atom is 0.354 e. The molecule has 0 radical (unpaired) electrons. The van der Waals surface area contributed by atoms with Crippen molar-refractivity contribution in [1.29, 1.82) is 0 Å². The molecule has 118 valence electrons. The number of methoxy groups -OCH3 is 1. The van der Waals surface area contributed by atoms with Crippen LogP contribution in [-0.2, 0) is 4.74 Å². The molecule has 8 heteroatoms. The van der Waals surface area contributed by atoms with Gasteiger partial charge in [-0.15, -0.1) is 0 Å². The van der Waals surface area contributed by atoms with Crippen LogP contribution in [0.3, 0.4) is 0 Å². The van der Waals surface area contributed by atoms with Gasteiger partial charge in [-0.05, 0) is 0 Å². The maximum absolute atomic E-state index is 13.9. The number of benzene rings is 1. The quantitative estimate of drug-likeness (QED) is 0.656. The molecule has 0 bridgehead atoms. The Morgan fingerprint density at radius 3 is 2.59 bits per heavy atom. The van der Waals surface area contributed by atoms with Gasteiger partial charge in [0.15, 0.2) is 23.1 Å². The zero-order valence-electron chi connectivity index (χ0n) is 11.5. The highest BCUT2D eigenvalue weighted by molar-refractivity contribution is 5.93. The molecule has 0 aliphatic carbocycles. The Bertz CT molecular complexity index is 721. The fraction of sp³-hybridized carbons (Fsp3) is 0.286. The SMILES string of the molecule is COCCCOc1cc(C(=O)O)nc2cc(F)c(F)c(F)c12. The Labute approximate surface area is 123 Å². The zero-order chi connectivity index (χ0) is 16.3. The van der Waals surface area contributed by atoms with Crippen molar-refractivity contribution in [1.82, 2.24) is 4.98 Å². The number of rotatable bonds is 6. The number of carboxylic acid groups (broad SMARTS) is 1. The van der Waals surface area contributed by atoms with Gasteiger partial charge < -0.3 is 14.6 Å². The molecular weight excluding hydrogens is 303 g/mol. The van der Waals surface area contributed by atoms with Crippen LogP contribution in [0.25, 0.3) is 10.9 Å². The Morgan fingerprint density at radius 1 is 1.23 bits per heavy atom. The molecule has 0 aliphatic rings. The number of aromatic carboxylic acids is 1. The molecule has 0 amide bonds. The van der Waals surface area contributed by atoms with Gasteiger partial charge in [-0.25, -0.2) is 22.9 Å². The normalized spacial score (nSPS) is 10.9. The molecule has 0 spiro atoms. The minimum atomic E-state index is -1.67. The van der Waals surface area contributed by atoms with Crippen LogP contribution in [0.5, 0.6) is 5.75 Å². The van der Waals surface area contributed by atoms with Crippen LogP contribution in [0.2, 0.25) is 0 Å². The van der Waals surface area contributed by atoms with E-state index in [4.69, 9.17) is 14.6 Å². The van der Waals surface area contributed by atoms with E-state index in [1.54, 1.807) is 0 Å². The molecule has 0 saturated heterocycles. The summed E-state index contributed by atoms with van der Waals surface area (Å²) in [7, 11) is 1.49. The first-order valence-corrected chi connectivity index (χ1v) is 6.29. The van der Waals surface area contributed by atoms with Crippen molar-refractivity contribution >= 4 is 16.9 Å². The number of aromatic nitrogens is 1. The summed E-state index contributed by atoms with van der Waals surface area (Å²) < 4.78 is 50.7. The highest BCUT2D eigenvalue weighted by Gasteiger charge is 2.21. The van der Waals surface area contributed by atoms with E-state index in [1.807, 2.05) is 0 Å². The molecular formula is C14H12F3NO4. The second kappa shape index (κ2) is 6.61. The van der Waals surface area contributed by atoms with Crippen LogP contribution in [0.15, 0.2) is 12.1 Å². The molecule has 0 fully saturated rings. The number of pyridine rings is 1. The lowest BCUT2D eigenvalue weighted by atomic mass is 10.1. The van der Waals surface area contributed by atoms with Crippen LogP contribution in [0, 0.1) is 17.5 Å². The van der Waals surface area contributed by atoms with Gasteiger partial charge in [0, 0.05) is 32.3 Å². The van der Waals surface area contributed by atoms with Crippen molar-refractivity contribution < 1.29 is 32.5 Å². The first-order valence-electron chi connectivity index (χ1n) is 6.29. The van der Waals surface area contributed by atoms with Crippen molar-refractivity contribution in [3.8, 4) is 5.75 Å². The summed E-state index contributed by atoms with van der Waals surface area (Å²) >= 11 is 0. The van der Waals surface area contributed by atoms with Gasteiger partial charge in [-0.2, -0.15) is 0 Å². The Kier molecular flexibility index (Phi) is 4.81. The Hall–Kier alpha value is -2.35. The largest absolute Gasteiger partial charge is 0.493 e. The number of nitrogens with zero attached hydrogens (tertiary/aromatic N) is 1. The fourth-order valence-corrected chi connectivity index (χ4v) is 1.87. The first-order chi connectivity index (χ1) is 10.5. The number of hydrogen-bond acceptors (Lipinski definition) is 4. The van der Waals surface area contributed by atoms with E-state index in [0.29, 0.717) is 19.1 Å². The summed E-state index contributed by atoms with van der Waals surface area (Å²) in [6.07, 6.45) is 0.452. The van der Waals surface area contributed by atoms with E-state index >= 15 is 0 Å². The van der Waals surface area contributed by atoms with E-state index in [0.717, 1.165) is 6.07 Å². The second-order valence-corrected chi connectivity index (χ2v) is 4.39. The molecule has 5 nitrogen and oxygen atoms in total. The van der Waals surface area contributed by atoms with Gasteiger partial charge in [-0.3, -0.25) is 0 Å². The lowest BCUT2D eigenvalue weighted by molar-refractivity contribution is 0.0690. The monoisotopic (exact) mass is 315 g/mol. The van der Waals surface area contributed by atoms with E-state index in [2.05, 4.69) is 4.98 Å². The van der Waals surface area contributed by atoms with E-state index in [-0.39, 0.29) is 17.9 Å². The summed E-state index contributed by atoms with van der Waals surface area (Å²) in [6.45, 7) is 0.463. The Balaban J connectivity index is 2.54. The second-order valence-electron chi connectivity index (χ2n) is 4.39. The highest BCUT2D eigenvalue weighted by atomic mass is 19.2. The summed E-state index contributed by atoms with van der Waals surface area (Å²) in [4.78, 5) is 14.6. The molecule has 0 saturated carbocycles. The molecule has 1 aromatic heterocycles. The van der Waals surface area contributed by atoms with Crippen molar-refractivity contribution in [2.75, 3.05) is 20.3 Å². The van der Waals surface area contributed by atoms with Gasteiger partial charge in [-0.1, -0.05) is 0 Å². The van der Waals surface area contributed by atoms with Crippen LogP contribution >= 0.6 is 0 Å². The van der Waals surface area contributed by atoms with Crippen molar-refractivity contribution in [2.45, 2.75) is 6.42 Å². The predicted molar refractivity (Wildman–Crippen MR) is 70.6 cm³/mol. The first kappa shape index (κ1) is 16.0. The molecule has 1 heterocycles. The summed E-state index contributed by atoms with van der Waals surface area (Å²) in [5.74, 6) is -6.20. The van der Waals surface area contributed by atoms with Gasteiger partial charge in [0.05, 0.1) is 17.5 Å². The van der Waals surface area contributed by atoms with Crippen molar-refractivity contribution in [2.24, 2.45) is 0 Å².